The van der Waals surface area contributed by atoms with Gasteiger partial charge < -0.3 is 0 Å². The number of terminal acetylenes is 1. The zero-order valence-corrected chi connectivity index (χ0v) is 5.94. The van der Waals surface area contributed by atoms with Gasteiger partial charge in [-0.15, -0.1) is 6.42 Å². The zero-order chi connectivity index (χ0) is 7.33. The van der Waals surface area contributed by atoms with E-state index in [1.54, 1.807) is 0 Å². The van der Waals surface area contributed by atoms with Gasteiger partial charge >= 0.3 is 0 Å². The quantitative estimate of drug-likeness (QED) is 0.417. The summed E-state index contributed by atoms with van der Waals surface area (Å²) in [5.74, 6) is 2.02. The maximum atomic E-state index is 10.4. The van der Waals surface area contributed by atoms with Gasteiger partial charge in [-0.3, -0.25) is 4.18 Å². The highest BCUT2D eigenvalue weighted by molar-refractivity contribution is 7.86. The van der Waals surface area contributed by atoms with Crippen LogP contribution in [-0.2, 0) is 14.3 Å². The van der Waals surface area contributed by atoms with Crippen molar-refractivity contribution in [3.63, 3.8) is 0 Å². The van der Waals surface area contributed by atoms with Crippen LogP contribution in [0.15, 0.2) is 0 Å². The molecule has 0 N–H and O–H groups in total. The summed E-state index contributed by atoms with van der Waals surface area (Å²) in [5, 5.41) is 0. The fourth-order valence-corrected chi connectivity index (χ4v) is 0.621. The van der Waals surface area contributed by atoms with Gasteiger partial charge in [-0.2, -0.15) is 8.42 Å². The molecule has 0 spiro atoms. The van der Waals surface area contributed by atoms with Gasteiger partial charge in [0.15, 0.2) is 0 Å². The Kier molecular flexibility index (Phi) is 3.28. The van der Waals surface area contributed by atoms with Crippen molar-refractivity contribution in [2.75, 3.05) is 12.4 Å². The van der Waals surface area contributed by atoms with E-state index in [1.807, 2.05) is 0 Å². The predicted octanol–water partition coefficient (Wildman–Crippen LogP) is -0.0141. The molecule has 0 aliphatic heterocycles. The van der Waals surface area contributed by atoms with Crippen LogP contribution in [0.4, 0.5) is 0 Å². The molecule has 0 bridgehead atoms. The summed E-state index contributed by atoms with van der Waals surface area (Å²) < 4.78 is 25.1. The molecular formula is C5H8O3S. The lowest BCUT2D eigenvalue weighted by Gasteiger charge is -1.95. The summed E-state index contributed by atoms with van der Waals surface area (Å²) in [4.78, 5) is 0. The van der Waals surface area contributed by atoms with Crippen LogP contribution in [0, 0.1) is 12.3 Å². The number of hydrogen-bond acceptors (Lipinski definition) is 3. The maximum Gasteiger partial charge on any atom is 0.267 e. The van der Waals surface area contributed by atoms with E-state index in [4.69, 9.17) is 6.42 Å². The second-order valence-corrected chi connectivity index (χ2v) is 3.24. The minimum absolute atomic E-state index is 0.0331. The minimum Gasteiger partial charge on any atom is -0.257 e. The average Bonchev–Trinajstić information content (AvgIpc) is 1.84. The summed E-state index contributed by atoms with van der Waals surface area (Å²) in [5.41, 5.74) is 0. The molecule has 4 heteroatoms. The predicted molar refractivity (Wildman–Crippen MR) is 34.2 cm³/mol. The third kappa shape index (κ3) is 4.01. The van der Waals surface area contributed by atoms with E-state index in [1.165, 1.54) is 6.92 Å². The molecule has 0 rings (SSSR count). The van der Waals surface area contributed by atoms with Crippen LogP contribution in [0.2, 0.25) is 0 Å². The molecule has 0 aromatic heterocycles. The molecule has 0 unspecified atom stereocenters. The molecule has 0 aliphatic carbocycles. The monoisotopic (exact) mass is 148 g/mol. The first-order chi connectivity index (χ1) is 4.12. The Labute approximate surface area is 55.1 Å². The molecule has 9 heavy (non-hydrogen) atoms. The van der Waals surface area contributed by atoms with Crippen molar-refractivity contribution in [3.05, 3.63) is 0 Å². The average molecular weight is 148 g/mol. The van der Waals surface area contributed by atoms with Gasteiger partial charge in [0.25, 0.3) is 10.1 Å². The van der Waals surface area contributed by atoms with Crippen LogP contribution < -0.4 is 0 Å². The largest absolute Gasteiger partial charge is 0.267 e. The Morgan fingerprint density at radius 2 is 2.22 bits per heavy atom. The molecule has 0 atom stereocenters. The van der Waals surface area contributed by atoms with Crippen molar-refractivity contribution < 1.29 is 12.6 Å². The van der Waals surface area contributed by atoms with Crippen molar-refractivity contribution in [3.8, 4) is 12.3 Å². The number of hydrogen-bond donors (Lipinski definition) is 0. The molecule has 52 valence electrons. The Morgan fingerprint density at radius 1 is 1.67 bits per heavy atom. The first kappa shape index (κ1) is 8.47. The summed E-state index contributed by atoms with van der Waals surface area (Å²) in [7, 11) is -3.32. The highest BCUT2D eigenvalue weighted by Crippen LogP contribution is 1.89. The fourth-order valence-electron chi connectivity index (χ4n) is 0.207. The van der Waals surface area contributed by atoms with Gasteiger partial charge in [-0.1, -0.05) is 5.92 Å². The molecule has 0 saturated carbocycles. The highest BCUT2D eigenvalue weighted by Gasteiger charge is 2.03. The standard InChI is InChI=1S/C5H8O3S/c1-3-5-8-9(6,7)4-2/h1H,4-5H2,2H3. The molecule has 0 radical (unpaired) electrons. The topological polar surface area (TPSA) is 43.4 Å². The summed E-state index contributed by atoms with van der Waals surface area (Å²) >= 11 is 0. The molecule has 0 heterocycles. The molecule has 0 aromatic carbocycles. The summed E-state index contributed by atoms with van der Waals surface area (Å²) in [6.07, 6.45) is 4.75. The van der Waals surface area contributed by atoms with Crippen molar-refractivity contribution in [1.29, 1.82) is 0 Å². The first-order valence-corrected chi connectivity index (χ1v) is 4.00. The summed E-state index contributed by atoms with van der Waals surface area (Å²) in [6.45, 7) is 1.32. The van der Waals surface area contributed by atoms with Gasteiger partial charge in [0.2, 0.25) is 0 Å². The smallest absolute Gasteiger partial charge is 0.257 e. The SMILES string of the molecule is C#CCOS(=O)(=O)CC. The molecule has 0 saturated heterocycles. The van der Waals surface area contributed by atoms with Gasteiger partial charge in [0, 0.05) is 0 Å². The van der Waals surface area contributed by atoms with Crippen molar-refractivity contribution in [2.45, 2.75) is 6.92 Å². The van der Waals surface area contributed by atoms with Crippen LogP contribution in [0.5, 0.6) is 0 Å². The maximum absolute atomic E-state index is 10.4. The molecule has 0 fully saturated rings. The fraction of sp³-hybridized carbons (Fsp3) is 0.600. The molecular weight excluding hydrogens is 140 g/mol. The van der Waals surface area contributed by atoms with Crippen LogP contribution in [-0.4, -0.2) is 20.8 Å². The molecule has 0 amide bonds. The zero-order valence-electron chi connectivity index (χ0n) is 5.12. The first-order valence-electron chi connectivity index (χ1n) is 2.43. The van der Waals surface area contributed by atoms with Crippen LogP contribution in [0.1, 0.15) is 6.92 Å². The second-order valence-electron chi connectivity index (χ2n) is 1.31. The molecule has 3 nitrogen and oxygen atoms in total. The lowest BCUT2D eigenvalue weighted by molar-refractivity contribution is 0.364. The van der Waals surface area contributed by atoms with Crippen LogP contribution in [0.3, 0.4) is 0 Å². The van der Waals surface area contributed by atoms with Crippen molar-refractivity contribution in [1.82, 2.24) is 0 Å². The Bertz CT molecular complexity index is 197. The molecule has 0 aromatic rings. The van der Waals surface area contributed by atoms with Gasteiger partial charge in [-0.25, -0.2) is 0 Å². The van der Waals surface area contributed by atoms with E-state index in [-0.39, 0.29) is 12.4 Å². The Balaban J connectivity index is 3.78. The third-order valence-electron chi connectivity index (χ3n) is 0.675. The molecule has 0 aliphatic rings. The van der Waals surface area contributed by atoms with Crippen LogP contribution >= 0.6 is 0 Å². The van der Waals surface area contributed by atoms with Crippen molar-refractivity contribution in [2.24, 2.45) is 0 Å². The normalized spacial score (nSPS) is 10.7. The van der Waals surface area contributed by atoms with Crippen molar-refractivity contribution >= 4 is 10.1 Å². The van der Waals surface area contributed by atoms with E-state index in [0.29, 0.717) is 0 Å². The third-order valence-corrected chi connectivity index (χ3v) is 1.86. The van der Waals surface area contributed by atoms with E-state index >= 15 is 0 Å². The van der Waals surface area contributed by atoms with Crippen LogP contribution in [0.25, 0.3) is 0 Å². The number of rotatable bonds is 3. The van der Waals surface area contributed by atoms with Gasteiger partial charge in [-0.05, 0) is 6.92 Å². The Hall–Kier alpha value is -0.530. The van der Waals surface area contributed by atoms with E-state index in [0.717, 1.165) is 0 Å². The van der Waals surface area contributed by atoms with E-state index in [2.05, 4.69) is 10.1 Å². The second kappa shape index (κ2) is 3.49. The van der Waals surface area contributed by atoms with E-state index < -0.39 is 10.1 Å². The lowest BCUT2D eigenvalue weighted by Crippen LogP contribution is -2.07. The highest BCUT2D eigenvalue weighted by atomic mass is 32.2. The van der Waals surface area contributed by atoms with Gasteiger partial charge in [0.05, 0.1) is 5.75 Å². The van der Waals surface area contributed by atoms with Gasteiger partial charge in [0.1, 0.15) is 6.61 Å². The van der Waals surface area contributed by atoms with E-state index in [9.17, 15) is 8.42 Å². The lowest BCUT2D eigenvalue weighted by atomic mass is 10.8. The minimum atomic E-state index is -3.32. The Morgan fingerprint density at radius 3 is 2.56 bits per heavy atom. The summed E-state index contributed by atoms with van der Waals surface area (Å²) in [6, 6.07) is 0.